The van der Waals surface area contributed by atoms with Crippen molar-refractivity contribution in [1.29, 1.82) is 5.26 Å². The first kappa shape index (κ1) is 13.2. The van der Waals surface area contributed by atoms with Crippen LogP contribution in [0.4, 0.5) is 5.82 Å². The molecule has 2 heterocycles. The molecule has 0 amide bonds. The number of aryl methyl sites for hydroxylation is 1. The van der Waals surface area contributed by atoms with Crippen LogP contribution in [0.5, 0.6) is 0 Å². The molecule has 0 radical (unpaired) electrons. The maximum Gasteiger partial charge on any atom is 0.306 e. The first-order valence-electron chi connectivity index (χ1n) is 6.59. The van der Waals surface area contributed by atoms with E-state index >= 15 is 0 Å². The first-order chi connectivity index (χ1) is 10.1. The molecule has 0 aliphatic heterocycles. The topological polar surface area (TPSA) is 113 Å². The number of nitrogens with zero attached hydrogens (tertiary/aromatic N) is 2. The number of rotatable bonds is 2. The Kier molecular flexibility index (Phi) is 3.10. The second kappa shape index (κ2) is 4.94. The lowest BCUT2D eigenvalue weighted by molar-refractivity contribution is -0.142. The highest BCUT2D eigenvalue weighted by molar-refractivity contribution is 5.78. The van der Waals surface area contributed by atoms with Crippen LogP contribution in [0, 0.1) is 17.2 Å². The molecule has 2 aromatic rings. The number of aliphatic carboxylic acids is 1. The molecule has 21 heavy (non-hydrogen) atoms. The molecule has 1 atom stereocenters. The highest BCUT2D eigenvalue weighted by atomic mass is 16.4. The van der Waals surface area contributed by atoms with Gasteiger partial charge in [-0.3, -0.25) is 4.79 Å². The van der Waals surface area contributed by atoms with Crippen molar-refractivity contribution in [3.05, 3.63) is 35.2 Å². The fraction of sp³-hybridized carbons (Fsp3) is 0.267. The maximum atomic E-state index is 11.2. The van der Waals surface area contributed by atoms with Crippen LogP contribution in [0.2, 0.25) is 0 Å². The average molecular weight is 283 g/mol. The number of pyridine rings is 1. The molecule has 3 N–H and O–H groups in total. The van der Waals surface area contributed by atoms with E-state index in [0.717, 1.165) is 11.3 Å². The van der Waals surface area contributed by atoms with Gasteiger partial charge < -0.3 is 15.3 Å². The van der Waals surface area contributed by atoms with Gasteiger partial charge in [0.1, 0.15) is 23.2 Å². The fourth-order valence-corrected chi connectivity index (χ4v) is 2.79. The van der Waals surface area contributed by atoms with Gasteiger partial charge in [-0.1, -0.05) is 0 Å². The molecule has 0 aromatic carbocycles. The van der Waals surface area contributed by atoms with Crippen molar-refractivity contribution < 1.29 is 14.3 Å². The van der Waals surface area contributed by atoms with Crippen LogP contribution in [-0.2, 0) is 17.6 Å². The standard InChI is InChI=1S/C15H13N3O3/c16-7-10-13(12-2-1-5-21-12)9-6-8(15(19)20)3-4-11(9)18-14(10)17/h1-2,5,8H,3-4,6H2,(H2,17,18)(H,19,20). The molecule has 1 aliphatic rings. The third-order valence-electron chi connectivity index (χ3n) is 3.82. The zero-order chi connectivity index (χ0) is 15.0. The second-order valence-electron chi connectivity index (χ2n) is 5.04. The van der Waals surface area contributed by atoms with Crippen molar-refractivity contribution in [3.63, 3.8) is 0 Å². The molecule has 0 bridgehead atoms. The Morgan fingerprint density at radius 3 is 3.00 bits per heavy atom. The molecule has 0 fully saturated rings. The Hall–Kier alpha value is -2.81. The van der Waals surface area contributed by atoms with Gasteiger partial charge in [-0.25, -0.2) is 4.98 Å². The number of furan rings is 1. The molecule has 0 saturated carbocycles. The summed E-state index contributed by atoms with van der Waals surface area (Å²) >= 11 is 0. The number of carboxylic acid groups (broad SMARTS) is 1. The normalized spacial score (nSPS) is 17.0. The Morgan fingerprint density at radius 2 is 2.38 bits per heavy atom. The number of nitriles is 1. The van der Waals surface area contributed by atoms with Crippen molar-refractivity contribution >= 4 is 11.8 Å². The third kappa shape index (κ3) is 2.13. The van der Waals surface area contributed by atoms with Crippen LogP contribution in [0.15, 0.2) is 22.8 Å². The Balaban J connectivity index is 2.24. The highest BCUT2D eigenvalue weighted by Gasteiger charge is 2.30. The number of hydrogen-bond donors (Lipinski definition) is 2. The summed E-state index contributed by atoms with van der Waals surface area (Å²) in [5.74, 6) is -0.621. The van der Waals surface area contributed by atoms with Crippen LogP contribution in [0.1, 0.15) is 23.2 Å². The van der Waals surface area contributed by atoms with E-state index in [2.05, 4.69) is 11.1 Å². The van der Waals surface area contributed by atoms with Crippen LogP contribution in [-0.4, -0.2) is 16.1 Å². The SMILES string of the molecule is N#Cc1c(N)nc2c(c1-c1ccco1)CC(C(=O)O)CC2. The smallest absolute Gasteiger partial charge is 0.306 e. The van der Waals surface area contributed by atoms with Crippen LogP contribution in [0.3, 0.4) is 0 Å². The zero-order valence-electron chi connectivity index (χ0n) is 11.2. The fourth-order valence-electron chi connectivity index (χ4n) is 2.79. The van der Waals surface area contributed by atoms with E-state index in [1.54, 1.807) is 12.1 Å². The number of carboxylic acids is 1. The minimum absolute atomic E-state index is 0.163. The lowest BCUT2D eigenvalue weighted by Crippen LogP contribution is -2.24. The van der Waals surface area contributed by atoms with Gasteiger partial charge in [0.2, 0.25) is 0 Å². The number of nitrogens with two attached hydrogens (primary N) is 1. The number of nitrogen functional groups attached to an aromatic ring is 1. The van der Waals surface area contributed by atoms with Gasteiger partial charge in [-0.2, -0.15) is 5.26 Å². The predicted octanol–water partition coefficient (Wildman–Crippen LogP) is 1.98. The van der Waals surface area contributed by atoms with E-state index in [4.69, 9.17) is 10.2 Å². The van der Waals surface area contributed by atoms with Crippen molar-refractivity contribution in [2.45, 2.75) is 19.3 Å². The summed E-state index contributed by atoms with van der Waals surface area (Å²) < 4.78 is 5.40. The summed E-state index contributed by atoms with van der Waals surface area (Å²) in [4.78, 5) is 15.5. The minimum atomic E-state index is -0.832. The van der Waals surface area contributed by atoms with Crippen molar-refractivity contribution in [2.24, 2.45) is 5.92 Å². The van der Waals surface area contributed by atoms with Crippen LogP contribution >= 0.6 is 0 Å². The zero-order valence-corrected chi connectivity index (χ0v) is 11.2. The molecule has 6 nitrogen and oxygen atoms in total. The molecule has 6 heteroatoms. The Bertz CT molecular complexity index is 745. The van der Waals surface area contributed by atoms with Gasteiger partial charge in [0.25, 0.3) is 0 Å². The Morgan fingerprint density at radius 1 is 1.57 bits per heavy atom. The van der Waals surface area contributed by atoms with Crippen molar-refractivity contribution in [3.8, 4) is 17.4 Å². The number of anilines is 1. The summed E-state index contributed by atoms with van der Waals surface area (Å²) in [7, 11) is 0. The molecule has 3 rings (SSSR count). The van der Waals surface area contributed by atoms with Gasteiger partial charge >= 0.3 is 5.97 Å². The van der Waals surface area contributed by atoms with Crippen molar-refractivity contribution in [1.82, 2.24) is 4.98 Å². The maximum absolute atomic E-state index is 11.2. The number of aromatic nitrogens is 1. The Labute approximate surface area is 120 Å². The van der Waals surface area contributed by atoms with Gasteiger partial charge in [0.15, 0.2) is 0 Å². The summed E-state index contributed by atoms with van der Waals surface area (Å²) in [6, 6.07) is 5.51. The van der Waals surface area contributed by atoms with E-state index in [1.807, 2.05) is 0 Å². The lowest BCUT2D eigenvalue weighted by Gasteiger charge is -2.24. The molecule has 2 aromatic heterocycles. The molecule has 0 saturated heterocycles. The van der Waals surface area contributed by atoms with E-state index < -0.39 is 11.9 Å². The lowest BCUT2D eigenvalue weighted by atomic mass is 9.82. The van der Waals surface area contributed by atoms with Gasteiger partial charge in [0.05, 0.1) is 12.2 Å². The second-order valence-corrected chi connectivity index (χ2v) is 5.04. The number of hydrogen-bond acceptors (Lipinski definition) is 5. The van der Waals surface area contributed by atoms with Crippen LogP contribution in [0.25, 0.3) is 11.3 Å². The van der Waals surface area contributed by atoms with Crippen LogP contribution < -0.4 is 5.73 Å². The number of carbonyl (C=O) groups is 1. The third-order valence-corrected chi connectivity index (χ3v) is 3.82. The summed E-state index contributed by atoms with van der Waals surface area (Å²) in [5.41, 5.74) is 8.21. The quantitative estimate of drug-likeness (QED) is 0.871. The minimum Gasteiger partial charge on any atom is -0.481 e. The summed E-state index contributed by atoms with van der Waals surface area (Å²) in [6.07, 6.45) is 2.91. The predicted molar refractivity (Wildman–Crippen MR) is 74.2 cm³/mol. The van der Waals surface area contributed by atoms with Gasteiger partial charge in [0, 0.05) is 11.3 Å². The molecule has 1 aliphatic carbocycles. The van der Waals surface area contributed by atoms with E-state index in [9.17, 15) is 15.2 Å². The molecule has 1 unspecified atom stereocenters. The highest BCUT2D eigenvalue weighted by Crippen LogP contribution is 2.37. The molecular formula is C15H13N3O3. The van der Waals surface area contributed by atoms with E-state index in [0.29, 0.717) is 30.6 Å². The first-order valence-corrected chi connectivity index (χ1v) is 6.59. The average Bonchev–Trinajstić information content (AvgIpc) is 2.99. The monoisotopic (exact) mass is 283 g/mol. The van der Waals surface area contributed by atoms with E-state index in [-0.39, 0.29) is 11.4 Å². The van der Waals surface area contributed by atoms with Gasteiger partial charge in [-0.05, 0) is 37.0 Å². The molecule has 0 spiro atoms. The summed E-state index contributed by atoms with van der Waals surface area (Å²) in [5, 5.41) is 18.6. The van der Waals surface area contributed by atoms with Crippen molar-refractivity contribution in [2.75, 3.05) is 5.73 Å². The molecular weight excluding hydrogens is 270 g/mol. The van der Waals surface area contributed by atoms with Gasteiger partial charge in [-0.15, -0.1) is 0 Å². The van der Waals surface area contributed by atoms with E-state index in [1.165, 1.54) is 6.26 Å². The summed E-state index contributed by atoms with van der Waals surface area (Å²) in [6.45, 7) is 0. The largest absolute Gasteiger partial charge is 0.481 e. The number of fused-ring (bicyclic) bond motifs is 1. The molecule has 106 valence electrons.